The van der Waals surface area contributed by atoms with E-state index in [1.807, 2.05) is 18.0 Å². The molecule has 1 aromatic rings. The van der Waals surface area contributed by atoms with Crippen molar-refractivity contribution in [2.75, 3.05) is 20.1 Å². The average molecular weight is 565 g/mol. The second-order valence-corrected chi connectivity index (χ2v) is 14.2. The Morgan fingerprint density at radius 1 is 1.15 bits per heavy atom. The molecular weight excluding hydrogens is 516 g/mol. The van der Waals surface area contributed by atoms with Gasteiger partial charge in [-0.2, -0.15) is 0 Å². The van der Waals surface area contributed by atoms with Gasteiger partial charge in [0.25, 0.3) is 0 Å². The molecule has 1 saturated heterocycles. The summed E-state index contributed by atoms with van der Waals surface area (Å²) in [5.74, 6) is 2.88. The highest BCUT2D eigenvalue weighted by atomic mass is 16.6. The third-order valence-electron chi connectivity index (χ3n) is 11.9. The van der Waals surface area contributed by atoms with Gasteiger partial charge in [-0.25, -0.2) is 0 Å². The summed E-state index contributed by atoms with van der Waals surface area (Å²) in [7, 11) is 2.00. The van der Waals surface area contributed by atoms with Gasteiger partial charge in [0.2, 0.25) is 5.91 Å². The third kappa shape index (κ3) is 4.79. The van der Waals surface area contributed by atoms with E-state index in [4.69, 9.17) is 9.47 Å². The number of aliphatic hydroxyl groups excluding tert-OH is 1. The van der Waals surface area contributed by atoms with Gasteiger partial charge in [-0.1, -0.05) is 51.0 Å². The topological polar surface area (TPSA) is 79.3 Å². The molecule has 7 rings (SSSR count). The van der Waals surface area contributed by atoms with Crippen molar-refractivity contribution in [3.05, 3.63) is 23.3 Å². The number of hydrogen-bond donors (Lipinski definition) is 1. The summed E-state index contributed by atoms with van der Waals surface area (Å²) in [5, 5.41) is 10.1. The number of ether oxygens (including phenoxy) is 2. The van der Waals surface area contributed by atoms with Gasteiger partial charge in [-0.3, -0.25) is 14.5 Å². The number of unbranched alkanes of at least 4 members (excludes halogenated alkanes) is 1. The third-order valence-corrected chi connectivity index (χ3v) is 11.9. The van der Waals surface area contributed by atoms with Gasteiger partial charge >= 0.3 is 5.97 Å². The Balaban J connectivity index is 1.12. The standard InChI is InChI=1S/C34H48N2O5/c1-21(37)40-29-15-12-23-18-27-25-13-14-26(35(2)30(39)11-7-6-10-22-8-4-3-5-9-22)33-34(25,31(23)32(29)41-33)16-17-36(27)20-24-19-28(24)38/h12,15,22,24-28,33,38H,3-11,13-14,16-20H2,1-2H3/t24?,25-,26+,27+,28?,33-,34-/m0/s1. The monoisotopic (exact) mass is 564 g/mol. The van der Waals surface area contributed by atoms with E-state index in [1.54, 1.807) is 0 Å². The molecule has 4 fully saturated rings. The lowest BCUT2D eigenvalue weighted by Gasteiger charge is -2.60. The lowest BCUT2D eigenvalue weighted by atomic mass is 9.51. The molecule has 0 radical (unpaired) electrons. The summed E-state index contributed by atoms with van der Waals surface area (Å²) in [6.07, 6.45) is 15.5. The van der Waals surface area contributed by atoms with E-state index in [9.17, 15) is 14.7 Å². The number of likely N-dealkylation sites (tertiary alicyclic amines) is 1. The lowest BCUT2D eigenvalue weighted by molar-refractivity contribution is -0.140. The SMILES string of the molecule is CC(=O)Oc1ccc2c3c1O[C@H]1[C@H](N(C)C(=O)CCCCC4CCCCC4)CC[C@H]4[C@@H](C2)N(CC2CC2O)CC[C@@]341. The average Bonchev–Trinajstić information content (AvgIpc) is 3.55. The lowest BCUT2D eigenvalue weighted by Crippen LogP contribution is -2.69. The van der Waals surface area contributed by atoms with Crippen molar-refractivity contribution in [3.63, 3.8) is 0 Å². The number of esters is 1. The second-order valence-electron chi connectivity index (χ2n) is 14.2. The summed E-state index contributed by atoms with van der Waals surface area (Å²) in [6.45, 7) is 3.40. The van der Waals surface area contributed by atoms with Crippen molar-refractivity contribution in [2.24, 2.45) is 17.8 Å². The van der Waals surface area contributed by atoms with Crippen molar-refractivity contribution < 1.29 is 24.2 Å². The fourth-order valence-electron chi connectivity index (χ4n) is 9.72. The van der Waals surface area contributed by atoms with Gasteiger partial charge in [0.1, 0.15) is 6.10 Å². The van der Waals surface area contributed by atoms with E-state index >= 15 is 0 Å². The van der Waals surface area contributed by atoms with Gasteiger partial charge in [-0.15, -0.1) is 0 Å². The van der Waals surface area contributed by atoms with Gasteiger partial charge in [-0.05, 0) is 68.5 Å². The highest BCUT2D eigenvalue weighted by Gasteiger charge is 2.66. The van der Waals surface area contributed by atoms with Crippen LogP contribution in [-0.4, -0.2) is 71.2 Å². The summed E-state index contributed by atoms with van der Waals surface area (Å²) in [5.41, 5.74) is 2.39. The van der Waals surface area contributed by atoms with E-state index < -0.39 is 0 Å². The first kappa shape index (κ1) is 27.7. The molecule has 2 heterocycles. The molecule has 2 aliphatic heterocycles. The molecule has 7 nitrogen and oxygen atoms in total. The largest absolute Gasteiger partial charge is 0.483 e. The number of likely N-dealkylation sites (N-methyl/N-ethyl adjacent to an activating group) is 1. The number of carbonyl (C=O) groups is 2. The number of nitrogens with zero attached hydrogens (tertiary/aromatic N) is 2. The predicted molar refractivity (Wildman–Crippen MR) is 156 cm³/mol. The number of rotatable bonds is 9. The maximum absolute atomic E-state index is 13.6. The Morgan fingerprint density at radius 3 is 2.71 bits per heavy atom. The highest BCUT2D eigenvalue weighted by molar-refractivity contribution is 5.77. The number of piperidine rings is 1. The van der Waals surface area contributed by atoms with Crippen molar-refractivity contribution in [1.29, 1.82) is 0 Å². The van der Waals surface area contributed by atoms with Gasteiger partial charge < -0.3 is 19.5 Å². The van der Waals surface area contributed by atoms with E-state index in [0.717, 1.165) is 69.7 Å². The number of carbonyl (C=O) groups excluding carboxylic acids is 2. The minimum Gasteiger partial charge on any atom is -0.483 e. The molecule has 224 valence electrons. The Morgan fingerprint density at radius 2 is 1.95 bits per heavy atom. The molecular formula is C34H48N2O5. The molecule has 7 heteroatoms. The maximum atomic E-state index is 13.6. The van der Waals surface area contributed by atoms with Crippen molar-refractivity contribution in [3.8, 4) is 11.5 Å². The number of amides is 1. The summed E-state index contributed by atoms with van der Waals surface area (Å²) in [6, 6.07) is 4.49. The Kier molecular flexibility index (Phi) is 7.34. The Labute approximate surface area is 244 Å². The summed E-state index contributed by atoms with van der Waals surface area (Å²) < 4.78 is 12.6. The van der Waals surface area contributed by atoms with E-state index in [0.29, 0.717) is 30.0 Å². The first-order chi connectivity index (χ1) is 19.9. The van der Waals surface area contributed by atoms with Crippen LogP contribution in [0.3, 0.4) is 0 Å². The van der Waals surface area contributed by atoms with Crippen LogP contribution in [0, 0.1) is 17.8 Å². The number of benzene rings is 1. The predicted octanol–water partition coefficient (Wildman–Crippen LogP) is 5.00. The van der Waals surface area contributed by atoms with Crippen LogP contribution in [0.5, 0.6) is 11.5 Å². The quantitative estimate of drug-likeness (QED) is 0.258. The summed E-state index contributed by atoms with van der Waals surface area (Å²) >= 11 is 0. The van der Waals surface area contributed by atoms with Crippen LogP contribution in [0.2, 0.25) is 0 Å². The molecule has 1 N–H and O–H groups in total. The van der Waals surface area contributed by atoms with Crippen LogP contribution in [0.4, 0.5) is 0 Å². The molecule has 2 unspecified atom stereocenters. The molecule has 2 bridgehead atoms. The maximum Gasteiger partial charge on any atom is 0.308 e. The minimum absolute atomic E-state index is 0.0121. The normalized spacial score (nSPS) is 35.4. The zero-order valence-corrected chi connectivity index (χ0v) is 25.0. The molecule has 6 aliphatic rings. The molecule has 1 amide bonds. The molecule has 1 aromatic carbocycles. The van der Waals surface area contributed by atoms with E-state index in [-0.39, 0.29) is 35.5 Å². The van der Waals surface area contributed by atoms with Crippen LogP contribution in [0.25, 0.3) is 0 Å². The van der Waals surface area contributed by atoms with Crippen LogP contribution >= 0.6 is 0 Å². The number of hydrogen-bond acceptors (Lipinski definition) is 6. The highest BCUT2D eigenvalue weighted by Crippen LogP contribution is 2.64. The van der Waals surface area contributed by atoms with Crippen LogP contribution in [0.1, 0.15) is 102 Å². The zero-order chi connectivity index (χ0) is 28.3. The van der Waals surface area contributed by atoms with Crippen molar-refractivity contribution in [2.45, 2.75) is 127 Å². The molecule has 1 spiro atoms. The molecule has 4 aliphatic carbocycles. The molecule has 0 aromatic heterocycles. The Hall–Kier alpha value is -2.12. The Bertz CT molecular complexity index is 1180. The van der Waals surface area contributed by atoms with Crippen molar-refractivity contribution >= 4 is 11.9 Å². The molecule has 7 atom stereocenters. The van der Waals surface area contributed by atoms with Gasteiger partial charge in [0.05, 0.1) is 12.1 Å². The fourth-order valence-corrected chi connectivity index (χ4v) is 9.72. The first-order valence-corrected chi connectivity index (χ1v) is 16.6. The minimum atomic E-state index is -0.336. The van der Waals surface area contributed by atoms with E-state index in [2.05, 4.69) is 11.0 Å². The van der Waals surface area contributed by atoms with Crippen LogP contribution in [-0.2, 0) is 21.4 Å². The smallest absolute Gasteiger partial charge is 0.308 e. The van der Waals surface area contributed by atoms with Gasteiger partial charge in [0, 0.05) is 49.9 Å². The van der Waals surface area contributed by atoms with E-state index in [1.165, 1.54) is 56.6 Å². The van der Waals surface area contributed by atoms with Crippen LogP contribution < -0.4 is 9.47 Å². The van der Waals surface area contributed by atoms with Crippen LogP contribution in [0.15, 0.2) is 12.1 Å². The van der Waals surface area contributed by atoms with Crippen molar-refractivity contribution in [1.82, 2.24) is 9.80 Å². The zero-order valence-electron chi connectivity index (χ0n) is 25.0. The first-order valence-electron chi connectivity index (χ1n) is 16.6. The second kappa shape index (κ2) is 10.9. The number of aliphatic hydroxyl groups is 1. The molecule has 3 saturated carbocycles. The van der Waals surface area contributed by atoms with Gasteiger partial charge in [0.15, 0.2) is 11.5 Å². The molecule has 41 heavy (non-hydrogen) atoms. The fraction of sp³-hybridized carbons (Fsp3) is 0.765. The summed E-state index contributed by atoms with van der Waals surface area (Å²) in [4.78, 5) is 30.3.